The minimum atomic E-state index is -0.481. The van der Waals surface area contributed by atoms with E-state index in [1.165, 1.54) is 17.3 Å². The maximum atomic E-state index is 12.2. The van der Waals surface area contributed by atoms with Crippen LogP contribution in [0, 0.1) is 0 Å². The highest BCUT2D eigenvalue weighted by Gasteiger charge is 2.22. The van der Waals surface area contributed by atoms with Gasteiger partial charge in [0.1, 0.15) is 0 Å². The zero-order valence-corrected chi connectivity index (χ0v) is 16.4. The average molecular weight is 388 g/mol. The second-order valence-corrected chi connectivity index (χ2v) is 8.03. The molecule has 3 rings (SSSR count). The standard InChI is InChI=1S/C19H25N5O2S/c1-3-13-8-10-14(11-9-13)16-21-19(24-23-16)27-12(2)17(25)22-18(26)20-15-6-4-5-7-15/h8-12,15H,3-7H2,1-2H3,(H,21,23,24)(H2,20,22,25,26)/t12-/m0/s1. The monoisotopic (exact) mass is 387 g/mol. The van der Waals surface area contributed by atoms with Crippen molar-refractivity contribution in [1.29, 1.82) is 0 Å². The number of H-pyrrole nitrogens is 1. The van der Waals surface area contributed by atoms with Crippen LogP contribution in [-0.4, -0.2) is 38.4 Å². The zero-order chi connectivity index (χ0) is 19.2. The van der Waals surface area contributed by atoms with Crippen molar-refractivity contribution >= 4 is 23.7 Å². The maximum absolute atomic E-state index is 12.2. The quantitative estimate of drug-likeness (QED) is 0.661. The van der Waals surface area contributed by atoms with Gasteiger partial charge in [-0.1, -0.05) is 55.8 Å². The number of urea groups is 1. The molecule has 0 spiro atoms. The molecule has 1 heterocycles. The Hall–Kier alpha value is -2.35. The Kier molecular flexibility index (Phi) is 6.49. The van der Waals surface area contributed by atoms with E-state index >= 15 is 0 Å². The van der Waals surface area contributed by atoms with Crippen molar-refractivity contribution in [3.8, 4) is 11.4 Å². The molecule has 1 fully saturated rings. The SMILES string of the molecule is CCc1ccc(-c2nc(S[C@@H](C)C(=O)NC(=O)NC3CCCC3)n[nH]2)cc1. The number of amides is 3. The van der Waals surface area contributed by atoms with Gasteiger partial charge in [-0.05, 0) is 31.7 Å². The Morgan fingerprint density at radius 1 is 1.26 bits per heavy atom. The number of carbonyl (C=O) groups excluding carboxylic acids is 2. The molecule has 0 radical (unpaired) electrons. The Balaban J connectivity index is 1.52. The fourth-order valence-electron chi connectivity index (χ4n) is 3.04. The van der Waals surface area contributed by atoms with Crippen LogP contribution in [0.4, 0.5) is 4.79 Å². The minimum absolute atomic E-state index is 0.176. The Labute approximate surface area is 163 Å². The minimum Gasteiger partial charge on any atom is -0.335 e. The number of thioether (sulfide) groups is 1. The molecule has 3 amide bonds. The lowest BCUT2D eigenvalue weighted by molar-refractivity contribution is -0.119. The van der Waals surface area contributed by atoms with E-state index in [1.807, 2.05) is 12.1 Å². The highest BCUT2D eigenvalue weighted by molar-refractivity contribution is 8.00. The summed E-state index contributed by atoms with van der Waals surface area (Å²) in [7, 11) is 0. The number of hydrogen-bond acceptors (Lipinski definition) is 5. The molecular formula is C19H25N5O2S. The number of aromatic nitrogens is 3. The summed E-state index contributed by atoms with van der Waals surface area (Å²) in [5, 5.41) is 12.3. The molecule has 27 heavy (non-hydrogen) atoms. The van der Waals surface area contributed by atoms with E-state index in [-0.39, 0.29) is 11.9 Å². The van der Waals surface area contributed by atoms with Crippen LogP contribution in [0.5, 0.6) is 0 Å². The Morgan fingerprint density at radius 2 is 1.96 bits per heavy atom. The summed E-state index contributed by atoms with van der Waals surface area (Å²) in [6, 6.07) is 7.86. The van der Waals surface area contributed by atoms with Gasteiger partial charge in [0.15, 0.2) is 5.82 Å². The summed E-state index contributed by atoms with van der Waals surface area (Å²) < 4.78 is 0. The smallest absolute Gasteiger partial charge is 0.321 e. The molecule has 1 saturated carbocycles. The molecule has 1 atom stereocenters. The van der Waals surface area contributed by atoms with Gasteiger partial charge in [0.05, 0.1) is 5.25 Å². The topological polar surface area (TPSA) is 99.8 Å². The van der Waals surface area contributed by atoms with Gasteiger partial charge >= 0.3 is 6.03 Å². The van der Waals surface area contributed by atoms with Gasteiger partial charge in [-0.3, -0.25) is 15.2 Å². The lowest BCUT2D eigenvalue weighted by Crippen LogP contribution is -2.45. The second-order valence-electron chi connectivity index (χ2n) is 6.72. The molecule has 0 bridgehead atoms. The summed E-state index contributed by atoms with van der Waals surface area (Å²) in [6.45, 7) is 3.84. The van der Waals surface area contributed by atoms with Crippen LogP contribution in [0.3, 0.4) is 0 Å². The van der Waals surface area contributed by atoms with Crippen molar-refractivity contribution in [3.05, 3.63) is 29.8 Å². The van der Waals surface area contributed by atoms with Gasteiger partial charge < -0.3 is 5.32 Å². The van der Waals surface area contributed by atoms with Crippen LogP contribution < -0.4 is 10.6 Å². The maximum Gasteiger partial charge on any atom is 0.321 e. The van der Waals surface area contributed by atoms with E-state index in [9.17, 15) is 9.59 Å². The van der Waals surface area contributed by atoms with Crippen LogP contribution in [-0.2, 0) is 11.2 Å². The summed E-state index contributed by atoms with van der Waals surface area (Å²) in [5.74, 6) is 0.306. The van der Waals surface area contributed by atoms with Crippen molar-refractivity contribution in [2.75, 3.05) is 0 Å². The second kappa shape index (κ2) is 9.03. The van der Waals surface area contributed by atoms with E-state index < -0.39 is 11.3 Å². The van der Waals surface area contributed by atoms with Gasteiger partial charge in [-0.2, -0.15) is 0 Å². The number of benzene rings is 1. The summed E-state index contributed by atoms with van der Waals surface area (Å²) in [6.07, 6.45) is 5.19. The van der Waals surface area contributed by atoms with Gasteiger partial charge in [0, 0.05) is 11.6 Å². The first-order chi connectivity index (χ1) is 13.0. The van der Waals surface area contributed by atoms with Crippen molar-refractivity contribution in [2.24, 2.45) is 0 Å². The van der Waals surface area contributed by atoms with Gasteiger partial charge in [0.25, 0.3) is 0 Å². The first-order valence-electron chi connectivity index (χ1n) is 9.35. The van der Waals surface area contributed by atoms with Crippen LogP contribution in [0.25, 0.3) is 11.4 Å². The highest BCUT2D eigenvalue weighted by Crippen LogP contribution is 2.23. The largest absolute Gasteiger partial charge is 0.335 e. The number of nitrogens with zero attached hydrogens (tertiary/aromatic N) is 2. The summed E-state index contributed by atoms with van der Waals surface area (Å²) in [4.78, 5) is 28.6. The highest BCUT2D eigenvalue weighted by atomic mass is 32.2. The molecule has 1 aromatic heterocycles. The van der Waals surface area contributed by atoms with Crippen LogP contribution in [0.2, 0.25) is 0 Å². The fourth-order valence-corrected chi connectivity index (χ4v) is 3.77. The zero-order valence-electron chi connectivity index (χ0n) is 15.6. The van der Waals surface area contributed by atoms with E-state index in [4.69, 9.17) is 0 Å². The average Bonchev–Trinajstić information content (AvgIpc) is 3.33. The van der Waals surface area contributed by atoms with Crippen molar-refractivity contribution in [2.45, 2.75) is 62.4 Å². The normalized spacial score (nSPS) is 15.5. The number of imide groups is 1. The number of rotatable bonds is 6. The van der Waals surface area contributed by atoms with Crippen LogP contribution in [0.1, 0.15) is 45.1 Å². The van der Waals surface area contributed by atoms with E-state index in [2.05, 4.69) is 44.9 Å². The number of aryl methyl sites for hydroxylation is 1. The molecule has 7 nitrogen and oxygen atoms in total. The van der Waals surface area contributed by atoms with Gasteiger partial charge in [-0.15, -0.1) is 5.10 Å². The molecule has 3 N–H and O–H groups in total. The Morgan fingerprint density at radius 3 is 2.63 bits per heavy atom. The van der Waals surface area contributed by atoms with Gasteiger partial charge in [0.2, 0.25) is 11.1 Å². The molecule has 1 aliphatic carbocycles. The van der Waals surface area contributed by atoms with Gasteiger partial charge in [-0.25, -0.2) is 9.78 Å². The van der Waals surface area contributed by atoms with E-state index in [0.717, 1.165) is 37.7 Å². The summed E-state index contributed by atoms with van der Waals surface area (Å²) >= 11 is 1.21. The number of hydrogen-bond donors (Lipinski definition) is 3. The molecule has 144 valence electrons. The Bertz CT molecular complexity index is 784. The van der Waals surface area contributed by atoms with E-state index in [0.29, 0.717) is 11.0 Å². The lowest BCUT2D eigenvalue weighted by atomic mass is 10.1. The third kappa shape index (κ3) is 5.32. The lowest BCUT2D eigenvalue weighted by Gasteiger charge is -2.14. The molecule has 2 aromatic rings. The van der Waals surface area contributed by atoms with Crippen LogP contribution in [0.15, 0.2) is 29.4 Å². The molecule has 0 unspecified atom stereocenters. The molecular weight excluding hydrogens is 362 g/mol. The predicted molar refractivity (Wildman–Crippen MR) is 105 cm³/mol. The third-order valence-corrected chi connectivity index (χ3v) is 5.64. The first kappa shape index (κ1) is 19.4. The number of carbonyl (C=O) groups is 2. The van der Waals surface area contributed by atoms with Crippen molar-refractivity contribution < 1.29 is 9.59 Å². The fraction of sp³-hybridized carbons (Fsp3) is 0.474. The third-order valence-electron chi connectivity index (χ3n) is 4.68. The molecule has 1 aromatic carbocycles. The number of aromatic amines is 1. The molecule has 8 heteroatoms. The number of nitrogens with one attached hydrogen (secondary N) is 3. The predicted octanol–water partition coefficient (Wildman–Crippen LogP) is 3.28. The first-order valence-corrected chi connectivity index (χ1v) is 10.2. The van der Waals surface area contributed by atoms with Crippen molar-refractivity contribution in [1.82, 2.24) is 25.8 Å². The van der Waals surface area contributed by atoms with Crippen LogP contribution >= 0.6 is 11.8 Å². The summed E-state index contributed by atoms with van der Waals surface area (Å²) in [5.41, 5.74) is 2.20. The van der Waals surface area contributed by atoms with Crippen molar-refractivity contribution in [3.63, 3.8) is 0 Å². The van der Waals surface area contributed by atoms with E-state index in [1.54, 1.807) is 6.92 Å². The molecule has 1 aliphatic rings. The molecule has 0 aliphatic heterocycles. The molecule has 0 saturated heterocycles.